The van der Waals surface area contributed by atoms with Crippen LogP contribution in [0.2, 0.25) is 0 Å². The fraction of sp³-hybridized carbons (Fsp3) is 0.382. The number of rotatable bonds is 8. The molecule has 0 aromatic heterocycles. The molecule has 5 rings (SSSR count). The van der Waals surface area contributed by atoms with Crippen LogP contribution in [-0.4, -0.2) is 67.7 Å². The molecule has 3 aromatic carbocycles. The van der Waals surface area contributed by atoms with Gasteiger partial charge in [0.1, 0.15) is 41.2 Å². The number of ether oxygens (including phenoxy) is 5. The lowest BCUT2D eigenvalue weighted by molar-refractivity contribution is -0.155. The second kappa shape index (κ2) is 12.6. The van der Waals surface area contributed by atoms with Crippen LogP contribution in [0.4, 0.5) is 4.79 Å². The van der Waals surface area contributed by atoms with Gasteiger partial charge in [-0.1, -0.05) is 42.5 Å². The van der Waals surface area contributed by atoms with Crippen LogP contribution < -0.4 is 35.1 Å². The summed E-state index contributed by atoms with van der Waals surface area (Å²) in [5.41, 5.74) is 0.932. The van der Waals surface area contributed by atoms with Gasteiger partial charge in [-0.25, -0.2) is 4.79 Å². The second-order valence-electron chi connectivity index (χ2n) is 12.3. The normalized spacial score (nSPS) is 24.2. The number of hydrogen-bond donors (Lipinski definition) is 5. The van der Waals surface area contributed by atoms with E-state index in [4.69, 9.17) is 23.7 Å². The molecule has 0 radical (unpaired) electrons. The molecule has 1 saturated carbocycles. The third kappa shape index (κ3) is 5.76. The number of alkyl carbamates (subject to hydrolysis) is 1. The molecule has 13 heteroatoms. The van der Waals surface area contributed by atoms with Crippen molar-refractivity contribution in [1.29, 1.82) is 0 Å². The Bertz CT molecular complexity index is 1640. The van der Waals surface area contributed by atoms with Crippen LogP contribution in [0.5, 0.6) is 23.0 Å². The predicted molar refractivity (Wildman–Crippen MR) is 168 cm³/mol. The van der Waals surface area contributed by atoms with Gasteiger partial charge in [0, 0.05) is 18.1 Å². The minimum atomic E-state index is -2.26. The van der Waals surface area contributed by atoms with Crippen molar-refractivity contribution >= 4 is 17.9 Å². The quantitative estimate of drug-likeness (QED) is 0.228. The van der Waals surface area contributed by atoms with E-state index in [1.54, 1.807) is 87.5 Å². The smallest absolute Gasteiger partial charge is 0.408 e. The van der Waals surface area contributed by atoms with E-state index >= 15 is 0 Å². The van der Waals surface area contributed by atoms with Crippen molar-refractivity contribution in [2.75, 3.05) is 27.9 Å². The molecular weight excluding hydrogens is 610 g/mol. The molecule has 250 valence electrons. The zero-order valence-corrected chi connectivity index (χ0v) is 27.0. The molecule has 1 fully saturated rings. The van der Waals surface area contributed by atoms with Crippen LogP contribution in [-0.2, 0) is 25.5 Å². The average Bonchev–Trinajstić information content (AvgIpc) is 3.43. The molecule has 1 heterocycles. The molecule has 0 saturated heterocycles. The van der Waals surface area contributed by atoms with Gasteiger partial charge < -0.3 is 39.2 Å². The summed E-state index contributed by atoms with van der Waals surface area (Å²) in [5.74, 6) is -2.70. The maximum Gasteiger partial charge on any atom is 0.408 e. The first-order valence-electron chi connectivity index (χ1n) is 14.9. The van der Waals surface area contributed by atoms with Crippen LogP contribution >= 0.6 is 0 Å². The van der Waals surface area contributed by atoms with Crippen LogP contribution in [0.15, 0.2) is 66.7 Å². The highest BCUT2D eigenvalue weighted by molar-refractivity contribution is 5.87. The molecular formula is C34H39N3O10. The molecule has 5 N–H and O–H groups in total. The standard InChI is InChI=1S/C34H39N3O10/c1-32(2,3)47-31(41)35-18-25(38)36-37-30(40)26-27(19-10-8-7-9-11-19)34(20-12-14-21(43-4)15-13-20)33(42,29(26)39)28-23(45-6)16-22(44-5)17-24(28)46-34/h7-17,26-27,29,39,42H,18H2,1-6H3,(H,35,41)(H,36,38)(H,37,40)/t26-,27+,29-,33-,34-/m0/s1. The minimum absolute atomic E-state index is 0.131. The SMILES string of the molecule is COc1ccc([C@@]23Oc4cc(OC)cc(OC)c4[C@]2(O)[C@@H](O)[C@@H](C(=O)NNC(=O)CNC(=O)OC(C)(C)C)[C@H]3c2ccccc2)cc1. The molecule has 3 amide bonds. The second-order valence-corrected chi connectivity index (χ2v) is 12.3. The fourth-order valence-electron chi connectivity index (χ4n) is 6.52. The number of carbonyl (C=O) groups excluding carboxylic acids is 3. The maximum atomic E-state index is 14.0. The van der Waals surface area contributed by atoms with E-state index in [-0.39, 0.29) is 17.1 Å². The predicted octanol–water partition coefficient (Wildman–Crippen LogP) is 2.63. The largest absolute Gasteiger partial charge is 0.497 e. The van der Waals surface area contributed by atoms with Gasteiger partial charge in [-0.3, -0.25) is 20.4 Å². The molecule has 0 bridgehead atoms. The Hall–Kier alpha value is -5.01. The number of methoxy groups -OCH3 is 3. The van der Waals surface area contributed by atoms with E-state index in [0.717, 1.165) is 0 Å². The van der Waals surface area contributed by atoms with Gasteiger partial charge in [0.05, 0.1) is 32.8 Å². The summed E-state index contributed by atoms with van der Waals surface area (Å²) in [5, 5.41) is 27.5. The molecule has 13 nitrogen and oxygen atoms in total. The lowest BCUT2D eigenvalue weighted by Gasteiger charge is -2.40. The zero-order chi connectivity index (χ0) is 34.1. The highest BCUT2D eigenvalue weighted by Gasteiger charge is 2.78. The number of amides is 3. The number of aliphatic hydroxyl groups is 2. The van der Waals surface area contributed by atoms with Gasteiger partial charge in [0.2, 0.25) is 5.91 Å². The molecule has 5 atom stereocenters. The molecule has 2 aliphatic rings. The van der Waals surface area contributed by atoms with Gasteiger partial charge in [-0.15, -0.1) is 0 Å². The Balaban J connectivity index is 1.59. The van der Waals surface area contributed by atoms with Gasteiger partial charge in [0.15, 0.2) is 11.2 Å². The van der Waals surface area contributed by atoms with Crippen molar-refractivity contribution in [2.24, 2.45) is 5.92 Å². The highest BCUT2D eigenvalue weighted by atomic mass is 16.6. The fourth-order valence-corrected chi connectivity index (χ4v) is 6.52. The molecule has 3 aromatic rings. The third-order valence-corrected chi connectivity index (χ3v) is 8.38. The Morgan fingerprint density at radius 2 is 1.55 bits per heavy atom. The van der Waals surface area contributed by atoms with Crippen molar-refractivity contribution in [3.05, 3.63) is 83.4 Å². The summed E-state index contributed by atoms with van der Waals surface area (Å²) in [4.78, 5) is 38.7. The Morgan fingerprint density at radius 3 is 2.15 bits per heavy atom. The highest BCUT2D eigenvalue weighted by Crippen LogP contribution is 2.70. The van der Waals surface area contributed by atoms with Gasteiger partial charge in [-0.05, 0) is 44.0 Å². The maximum absolute atomic E-state index is 14.0. The van der Waals surface area contributed by atoms with E-state index in [2.05, 4.69) is 16.2 Å². The topological polar surface area (TPSA) is 174 Å². The average molecular weight is 650 g/mol. The summed E-state index contributed by atoms with van der Waals surface area (Å²) in [7, 11) is 4.41. The van der Waals surface area contributed by atoms with E-state index in [1.165, 1.54) is 21.3 Å². The van der Waals surface area contributed by atoms with Crippen molar-refractivity contribution in [2.45, 2.75) is 49.6 Å². The summed E-state index contributed by atoms with van der Waals surface area (Å²) < 4.78 is 28.4. The summed E-state index contributed by atoms with van der Waals surface area (Å²) >= 11 is 0. The zero-order valence-electron chi connectivity index (χ0n) is 27.0. The monoisotopic (exact) mass is 649 g/mol. The van der Waals surface area contributed by atoms with Crippen molar-refractivity contribution in [1.82, 2.24) is 16.2 Å². The Labute approximate surface area is 272 Å². The van der Waals surface area contributed by atoms with Crippen molar-refractivity contribution < 1.29 is 48.3 Å². The lowest BCUT2D eigenvalue weighted by Crippen LogP contribution is -2.52. The third-order valence-electron chi connectivity index (χ3n) is 8.38. The van der Waals surface area contributed by atoms with Gasteiger partial charge in [0.25, 0.3) is 5.91 Å². The van der Waals surface area contributed by atoms with Crippen LogP contribution in [0.25, 0.3) is 0 Å². The number of benzene rings is 3. The van der Waals surface area contributed by atoms with E-state index in [9.17, 15) is 24.6 Å². The molecule has 0 unspecified atom stereocenters. The summed E-state index contributed by atoms with van der Waals surface area (Å²) in [6.45, 7) is 4.54. The number of hydrogen-bond acceptors (Lipinski definition) is 10. The lowest BCUT2D eigenvalue weighted by atomic mass is 9.70. The molecule has 0 spiro atoms. The molecule has 1 aliphatic heterocycles. The van der Waals surface area contributed by atoms with E-state index in [1.807, 2.05) is 0 Å². The van der Waals surface area contributed by atoms with Crippen LogP contribution in [0.1, 0.15) is 43.4 Å². The number of fused-ring (bicyclic) bond motifs is 3. The number of hydrazine groups is 1. The van der Waals surface area contributed by atoms with Crippen molar-refractivity contribution in [3.63, 3.8) is 0 Å². The Morgan fingerprint density at radius 1 is 0.894 bits per heavy atom. The first-order chi connectivity index (χ1) is 22.3. The number of nitrogens with one attached hydrogen (secondary N) is 3. The Kier molecular flexibility index (Phi) is 8.98. The van der Waals surface area contributed by atoms with E-state index < -0.39 is 59.2 Å². The summed E-state index contributed by atoms with van der Waals surface area (Å²) in [6.07, 6.45) is -2.61. The minimum Gasteiger partial charge on any atom is -0.497 e. The number of carbonyl (C=O) groups is 3. The van der Waals surface area contributed by atoms with Gasteiger partial charge in [-0.2, -0.15) is 0 Å². The molecule has 1 aliphatic carbocycles. The summed E-state index contributed by atoms with van der Waals surface area (Å²) in [6, 6.07) is 18.8. The van der Waals surface area contributed by atoms with Gasteiger partial charge >= 0.3 is 6.09 Å². The van der Waals surface area contributed by atoms with Crippen LogP contribution in [0, 0.1) is 5.92 Å². The van der Waals surface area contributed by atoms with E-state index in [0.29, 0.717) is 22.6 Å². The van der Waals surface area contributed by atoms with Crippen LogP contribution in [0.3, 0.4) is 0 Å². The van der Waals surface area contributed by atoms with Crippen molar-refractivity contribution in [3.8, 4) is 23.0 Å². The molecule has 47 heavy (non-hydrogen) atoms. The first-order valence-corrected chi connectivity index (χ1v) is 14.9. The first kappa shape index (κ1) is 33.4. The number of aliphatic hydroxyl groups excluding tert-OH is 1.